The fraction of sp³-hybridized carbons (Fsp3) is 1.00. The van der Waals surface area contributed by atoms with Gasteiger partial charge in [-0.2, -0.15) is 0 Å². The van der Waals surface area contributed by atoms with E-state index in [-0.39, 0.29) is 12.2 Å². The Kier molecular flexibility index (Phi) is 3.40. The van der Waals surface area contributed by atoms with Gasteiger partial charge in [-0.25, -0.2) is 4.39 Å². The highest BCUT2D eigenvalue weighted by molar-refractivity contribution is 4.97. The van der Waals surface area contributed by atoms with E-state index in [1.54, 1.807) is 0 Å². The Hall–Kier alpha value is -0.220. The molecule has 72 valence electrons. The van der Waals surface area contributed by atoms with Crippen molar-refractivity contribution in [3.8, 4) is 0 Å². The van der Waals surface area contributed by atoms with Crippen LogP contribution in [0.5, 0.6) is 0 Å². The first kappa shape index (κ1) is 9.86. The second kappa shape index (κ2) is 4.14. The molecule has 1 aliphatic carbocycles. The quantitative estimate of drug-likeness (QED) is 0.615. The van der Waals surface area contributed by atoms with Crippen molar-refractivity contribution >= 4 is 0 Å². The van der Waals surface area contributed by atoms with E-state index < -0.39 is 0 Å². The first-order valence-corrected chi connectivity index (χ1v) is 4.42. The van der Waals surface area contributed by atoms with Crippen molar-refractivity contribution in [1.82, 2.24) is 5.12 Å². The number of rotatable bonds is 1. The third kappa shape index (κ3) is 3.45. The van der Waals surface area contributed by atoms with Gasteiger partial charge in [0.15, 0.2) is 0 Å². The summed E-state index contributed by atoms with van der Waals surface area (Å²) in [4.78, 5) is 0. The maximum absolute atomic E-state index is 11.8. The molecule has 0 atom stereocenters. The van der Waals surface area contributed by atoms with Crippen LogP contribution in [0.1, 0.15) is 25.7 Å². The van der Waals surface area contributed by atoms with Crippen LogP contribution in [0, 0.1) is 0 Å². The van der Waals surface area contributed by atoms with Crippen LogP contribution >= 0.6 is 0 Å². The van der Waals surface area contributed by atoms with E-state index in [0.29, 0.717) is 13.1 Å². The minimum absolute atomic E-state index is 0.340. The molecule has 0 amide bonds. The van der Waals surface area contributed by atoms with Gasteiger partial charge in [0.05, 0.1) is 0 Å². The molecule has 0 radical (unpaired) electrons. The van der Waals surface area contributed by atoms with Gasteiger partial charge in [0.2, 0.25) is 0 Å². The molecule has 4 heteroatoms. The SMILES string of the molecule is FN1CCCC1.NC1(CF)CC1. The number of nitrogens with two attached hydrogens (primary N) is 1. The number of nitrogens with zero attached hydrogens (tertiary/aromatic N) is 1. The normalized spacial score (nSPS) is 26.2. The summed E-state index contributed by atoms with van der Waals surface area (Å²) in [5.74, 6) is 0. The van der Waals surface area contributed by atoms with Crippen molar-refractivity contribution in [3.05, 3.63) is 0 Å². The van der Waals surface area contributed by atoms with Crippen molar-refractivity contribution in [2.75, 3.05) is 19.8 Å². The van der Waals surface area contributed by atoms with Gasteiger partial charge in [0, 0.05) is 18.6 Å². The first-order chi connectivity index (χ1) is 5.66. The molecule has 2 N–H and O–H groups in total. The second-order valence-electron chi connectivity index (χ2n) is 3.61. The zero-order valence-corrected chi connectivity index (χ0v) is 7.23. The molecular formula is C8H16F2N2. The molecule has 12 heavy (non-hydrogen) atoms. The Labute approximate surface area is 71.7 Å². The first-order valence-electron chi connectivity index (χ1n) is 4.42. The highest BCUT2D eigenvalue weighted by Gasteiger charge is 2.37. The van der Waals surface area contributed by atoms with Crippen LogP contribution in [-0.4, -0.2) is 30.4 Å². The largest absolute Gasteiger partial charge is 0.323 e. The molecule has 2 fully saturated rings. The topological polar surface area (TPSA) is 29.3 Å². The molecule has 2 nitrogen and oxygen atoms in total. The maximum atomic E-state index is 11.8. The third-order valence-corrected chi connectivity index (χ3v) is 2.21. The molecule has 0 bridgehead atoms. The van der Waals surface area contributed by atoms with Gasteiger partial charge in [-0.05, 0) is 25.7 Å². The van der Waals surface area contributed by atoms with Crippen molar-refractivity contribution in [1.29, 1.82) is 0 Å². The van der Waals surface area contributed by atoms with E-state index in [4.69, 9.17) is 5.73 Å². The monoisotopic (exact) mass is 178 g/mol. The van der Waals surface area contributed by atoms with E-state index in [2.05, 4.69) is 0 Å². The van der Waals surface area contributed by atoms with Crippen LogP contribution in [0.3, 0.4) is 0 Å². The van der Waals surface area contributed by atoms with E-state index >= 15 is 0 Å². The fourth-order valence-corrected chi connectivity index (χ4v) is 0.973. The van der Waals surface area contributed by atoms with Crippen LogP contribution in [0.4, 0.5) is 8.87 Å². The number of halogens is 2. The zero-order chi connectivity index (χ0) is 9.03. The number of alkyl halides is 1. The summed E-state index contributed by atoms with van der Waals surface area (Å²) in [5, 5.41) is 0.861. The van der Waals surface area contributed by atoms with E-state index in [0.717, 1.165) is 30.8 Å². The molecule has 0 aromatic rings. The third-order valence-electron chi connectivity index (χ3n) is 2.21. The molecule has 1 aliphatic heterocycles. The summed E-state index contributed by atoms with van der Waals surface area (Å²) in [6.45, 7) is 0.965. The molecule has 0 unspecified atom stereocenters. The van der Waals surface area contributed by atoms with Gasteiger partial charge in [-0.3, -0.25) is 0 Å². The van der Waals surface area contributed by atoms with Crippen LogP contribution in [0.15, 0.2) is 0 Å². The number of hydrogen-bond acceptors (Lipinski definition) is 2. The molecule has 0 spiro atoms. The Balaban J connectivity index is 0.000000120. The summed E-state index contributed by atoms with van der Waals surface area (Å²) in [5.41, 5.74) is 4.90. The summed E-state index contributed by atoms with van der Waals surface area (Å²) in [6, 6.07) is 0. The van der Waals surface area contributed by atoms with E-state index in [1.165, 1.54) is 0 Å². The Morgan fingerprint density at radius 2 is 1.75 bits per heavy atom. The van der Waals surface area contributed by atoms with Gasteiger partial charge >= 0.3 is 0 Å². The molecular weight excluding hydrogens is 162 g/mol. The molecule has 0 aromatic carbocycles. The zero-order valence-electron chi connectivity index (χ0n) is 7.23. The summed E-state index contributed by atoms with van der Waals surface area (Å²) in [7, 11) is 0. The van der Waals surface area contributed by atoms with Gasteiger partial charge in [-0.1, -0.05) is 0 Å². The molecule has 1 saturated carbocycles. The van der Waals surface area contributed by atoms with E-state index in [1.807, 2.05) is 0 Å². The maximum Gasteiger partial charge on any atom is 0.107 e. The van der Waals surface area contributed by atoms with E-state index in [9.17, 15) is 8.87 Å². The van der Waals surface area contributed by atoms with Crippen LogP contribution < -0.4 is 5.73 Å². The summed E-state index contributed by atoms with van der Waals surface area (Å²) < 4.78 is 23.2. The Morgan fingerprint density at radius 3 is 1.83 bits per heavy atom. The Morgan fingerprint density at radius 1 is 1.25 bits per heavy atom. The second-order valence-corrected chi connectivity index (χ2v) is 3.61. The lowest BCUT2D eigenvalue weighted by atomic mass is 10.3. The van der Waals surface area contributed by atoms with Crippen molar-refractivity contribution in [2.45, 2.75) is 31.2 Å². The molecule has 1 saturated heterocycles. The summed E-state index contributed by atoms with van der Waals surface area (Å²) >= 11 is 0. The van der Waals surface area contributed by atoms with Crippen molar-refractivity contribution in [2.24, 2.45) is 5.73 Å². The lowest BCUT2D eigenvalue weighted by molar-refractivity contribution is 0.0574. The predicted molar refractivity (Wildman–Crippen MR) is 44.0 cm³/mol. The lowest BCUT2D eigenvalue weighted by Gasteiger charge is -1.94. The molecule has 0 aromatic heterocycles. The highest BCUT2D eigenvalue weighted by atomic mass is 19.2. The average Bonchev–Trinajstić information content (AvgIpc) is 2.61. The predicted octanol–water partition coefficient (Wildman–Crippen LogP) is 1.41. The average molecular weight is 178 g/mol. The van der Waals surface area contributed by atoms with Gasteiger partial charge in [-0.15, -0.1) is 9.60 Å². The smallest absolute Gasteiger partial charge is 0.107 e. The molecule has 2 aliphatic rings. The van der Waals surface area contributed by atoms with Gasteiger partial charge in [0.25, 0.3) is 0 Å². The van der Waals surface area contributed by atoms with Crippen LogP contribution in [-0.2, 0) is 0 Å². The van der Waals surface area contributed by atoms with Gasteiger partial charge < -0.3 is 5.73 Å². The van der Waals surface area contributed by atoms with Gasteiger partial charge in [0.1, 0.15) is 6.67 Å². The van der Waals surface area contributed by atoms with Crippen molar-refractivity contribution < 1.29 is 8.87 Å². The summed E-state index contributed by atoms with van der Waals surface area (Å²) in [6.07, 6.45) is 3.83. The molecule has 1 heterocycles. The lowest BCUT2D eigenvalue weighted by Crippen LogP contribution is -2.23. The Bertz CT molecular complexity index is 131. The minimum Gasteiger partial charge on any atom is -0.323 e. The van der Waals surface area contributed by atoms with Crippen LogP contribution in [0.25, 0.3) is 0 Å². The molecule has 2 rings (SSSR count). The fourth-order valence-electron chi connectivity index (χ4n) is 0.973. The van der Waals surface area contributed by atoms with Crippen molar-refractivity contribution in [3.63, 3.8) is 0 Å². The number of hydrogen-bond donors (Lipinski definition) is 1. The minimum atomic E-state index is -0.375. The van der Waals surface area contributed by atoms with Crippen LogP contribution in [0.2, 0.25) is 0 Å². The highest BCUT2D eigenvalue weighted by Crippen LogP contribution is 2.31. The standard InChI is InChI=1S/2C4H8FN/c5-3-4(6)1-2-4;5-6-3-1-2-4-6/h1-3,6H2;1-4H2.